The molecule has 1 fully saturated rings. The second-order valence-electron chi connectivity index (χ2n) is 7.02. The largest absolute Gasteiger partial charge is 0.481 e. The molecule has 0 unspecified atom stereocenters. The van der Waals surface area contributed by atoms with Crippen LogP contribution in [0.2, 0.25) is 0 Å². The van der Waals surface area contributed by atoms with Gasteiger partial charge in [0, 0.05) is 36.9 Å². The van der Waals surface area contributed by atoms with Gasteiger partial charge < -0.3 is 15.3 Å². The molecule has 1 aliphatic rings. The lowest BCUT2D eigenvalue weighted by atomic mass is 9.92. The second-order valence-corrected chi connectivity index (χ2v) is 7.02. The van der Waals surface area contributed by atoms with E-state index in [1.54, 1.807) is 0 Å². The minimum atomic E-state index is -0.858. The topological polar surface area (TPSA) is 86.7 Å². The standard InChI is InChI=1S/C16H28N2O4/c1-11(2)15(22)18-9-6-12(7-10-18)14(21)17-16(3,4)8-5-13(19)20/h11-12H,5-10H2,1-4H3,(H,17,21)(H,19,20). The van der Waals surface area contributed by atoms with Crippen LogP contribution in [0.15, 0.2) is 0 Å². The molecule has 1 heterocycles. The molecule has 0 aromatic carbocycles. The summed E-state index contributed by atoms with van der Waals surface area (Å²) in [6.07, 6.45) is 1.77. The number of carboxylic acids is 1. The summed E-state index contributed by atoms with van der Waals surface area (Å²) in [7, 11) is 0. The number of carbonyl (C=O) groups excluding carboxylic acids is 2. The van der Waals surface area contributed by atoms with Crippen LogP contribution in [0.3, 0.4) is 0 Å². The summed E-state index contributed by atoms with van der Waals surface area (Å²) < 4.78 is 0. The van der Waals surface area contributed by atoms with Crippen molar-refractivity contribution in [3.05, 3.63) is 0 Å². The molecular weight excluding hydrogens is 284 g/mol. The maximum absolute atomic E-state index is 12.3. The van der Waals surface area contributed by atoms with Gasteiger partial charge in [0.15, 0.2) is 0 Å². The monoisotopic (exact) mass is 312 g/mol. The number of nitrogens with one attached hydrogen (secondary N) is 1. The Morgan fingerprint density at radius 2 is 1.77 bits per heavy atom. The molecule has 0 aliphatic carbocycles. The second kappa shape index (κ2) is 7.61. The van der Waals surface area contributed by atoms with Gasteiger partial charge in [0.2, 0.25) is 11.8 Å². The van der Waals surface area contributed by atoms with Crippen molar-refractivity contribution in [2.24, 2.45) is 11.8 Å². The molecule has 1 saturated heterocycles. The van der Waals surface area contributed by atoms with E-state index in [0.717, 1.165) is 0 Å². The number of piperidine rings is 1. The first kappa shape index (κ1) is 18.5. The van der Waals surface area contributed by atoms with Crippen LogP contribution in [0.25, 0.3) is 0 Å². The van der Waals surface area contributed by atoms with Gasteiger partial charge >= 0.3 is 5.97 Å². The average molecular weight is 312 g/mol. The number of rotatable bonds is 6. The Kier molecular flexibility index (Phi) is 6.38. The summed E-state index contributed by atoms with van der Waals surface area (Å²) in [4.78, 5) is 36.7. The molecule has 22 heavy (non-hydrogen) atoms. The van der Waals surface area contributed by atoms with Crippen molar-refractivity contribution in [1.82, 2.24) is 10.2 Å². The highest BCUT2D eigenvalue weighted by Gasteiger charge is 2.31. The summed E-state index contributed by atoms with van der Waals surface area (Å²) >= 11 is 0. The van der Waals surface area contributed by atoms with E-state index in [0.29, 0.717) is 32.4 Å². The quantitative estimate of drug-likeness (QED) is 0.780. The van der Waals surface area contributed by atoms with E-state index in [2.05, 4.69) is 5.32 Å². The number of amides is 2. The third-order valence-electron chi connectivity index (χ3n) is 4.10. The predicted molar refractivity (Wildman–Crippen MR) is 83.2 cm³/mol. The number of carboxylic acid groups (broad SMARTS) is 1. The van der Waals surface area contributed by atoms with Crippen LogP contribution in [0, 0.1) is 11.8 Å². The van der Waals surface area contributed by atoms with E-state index in [1.165, 1.54) is 0 Å². The third-order valence-corrected chi connectivity index (χ3v) is 4.10. The lowest BCUT2D eigenvalue weighted by Gasteiger charge is -2.34. The van der Waals surface area contributed by atoms with Gasteiger partial charge in [-0.1, -0.05) is 13.8 Å². The molecule has 1 rings (SSSR count). The van der Waals surface area contributed by atoms with Gasteiger partial charge in [-0.25, -0.2) is 0 Å². The zero-order valence-corrected chi connectivity index (χ0v) is 14.0. The molecule has 0 aromatic heterocycles. The van der Waals surface area contributed by atoms with Gasteiger partial charge in [-0.15, -0.1) is 0 Å². The minimum absolute atomic E-state index is 0.0136. The van der Waals surface area contributed by atoms with E-state index in [1.807, 2.05) is 32.6 Å². The van der Waals surface area contributed by atoms with Gasteiger partial charge in [0.05, 0.1) is 0 Å². The zero-order chi connectivity index (χ0) is 16.9. The lowest BCUT2D eigenvalue weighted by molar-refractivity contribution is -0.139. The van der Waals surface area contributed by atoms with E-state index in [9.17, 15) is 14.4 Å². The van der Waals surface area contributed by atoms with Crippen LogP contribution < -0.4 is 5.32 Å². The number of nitrogens with zero attached hydrogens (tertiary/aromatic N) is 1. The Labute approximate surface area is 132 Å². The van der Waals surface area contributed by atoms with Gasteiger partial charge in [0.1, 0.15) is 0 Å². The number of hydrogen-bond donors (Lipinski definition) is 2. The summed E-state index contributed by atoms with van der Waals surface area (Å²) in [6.45, 7) is 8.67. The molecule has 0 saturated carbocycles. The van der Waals surface area contributed by atoms with Crippen molar-refractivity contribution in [2.75, 3.05) is 13.1 Å². The van der Waals surface area contributed by atoms with Crippen molar-refractivity contribution < 1.29 is 19.5 Å². The Morgan fingerprint density at radius 3 is 2.23 bits per heavy atom. The smallest absolute Gasteiger partial charge is 0.303 e. The van der Waals surface area contributed by atoms with Crippen LogP contribution >= 0.6 is 0 Å². The van der Waals surface area contributed by atoms with Crippen LogP contribution in [0.1, 0.15) is 53.4 Å². The molecule has 0 spiro atoms. The fourth-order valence-corrected chi connectivity index (χ4v) is 2.64. The molecular formula is C16H28N2O4. The molecule has 6 nitrogen and oxygen atoms in total. The number of hydrogen-bond acceptors (Lipinski definition) is 3. The molecule has 0 bridgehead atoms. The third kappa shape index (κ3) is 5.66. The van der Waals surface area contributed by atoms with Crippen molar-refractivity contribution >= 4 is 17.8 Å². The van der Waals surface area contributed by atoms with Crippen molar-refractivity contribution in [3.8, 4) is 0 Å². The molecule has 126 valence electrons. The summed E-state index contributed by atoms with van der Waals surface area (Å²) in [5.41, 5.74) is -0.527. The first-order valence-electron chi connectivity index (χ1n) is 7.95. The first-order valence-corrected chi connectivity index (χ1v) is 7.95. The summed E-state index contributed by atoms with van der Waals surface area (Å²) in [6, 6.07) is 0. The molecule has 2 N–H and O–H groups in total. The van der Waals surface area contributed by atoms with Crippen molar-refractivity contribution in [3.63, 3.8) is 0 Å². The zero-order valence-electron chi connectivity index (χ0n) is 14.0. The SMILES string of the molecule is CC(C)C(=O)N1CCC(C(=O)NC(C)(C)CCC(=O)O)CC1. The molecule has 6 heteroatoms. The van der Waals surface area contributed by atoms with Crippen LogP contribution in [-0.4, -0.2) is 46.4 Å². The highest BCUT2D eigenvalue weighted by molar-refractivity contribution is 5.81. The number of aliphatic carboxylic acids is 1. The Balaban J connectivity index is 2.45. The average Bonchev–Trinajstić information content (AvgIpc) is 2.44. The molecule has 0 aromatic rings. The maximum Gasteiger partial charge on any atom is 0.303 e. The Morgan fingerprint density at radius 1 is 1.23 bits per heavy atom. The van der Waals surface area contributed by atoms with E-state index in [4.69, 9.17) is 5.11 Å². The summed E-state index contributed by atoms with van der Waals surface area (Å²) in [5, 5.41) is 11.7. The molecule has 0 atom stereocenters. The highest BCUT2D eigenvalue weighted by Crippen LogP contribution is 2.21. The van der Waals surface area contributed by atoms with Crippen LogP contribution in [-0.2, 0) is 14.4 Å². The van der Waals surface area contributed by atoms with Crippen molar-refractivity contribution in [2.45, 2.75) is 58.9 Å². The maximum atomic E-state index is 12.3. The highest BCUT2D eigenvalue weighted by atomic mass is 16.4. The molecule has 1 aliphatic heterocycles. The minimum Gasteiger partial charge on any atom is -0.481 e. The Hall–Kier alpha value is -1.59. The van der Waals surface area contributed by atoms with E-state index in [-0.39, 0.29) is 30.1 Å². The van der Waals surface area contributed by atoms with Crippen LogP contribution in [0.4, 0.5) is 0 Å². The molecule has 2 amide bonds. The molecule has 0 radical (unpaired) electrons. The fraction of sp³-hybridized carbons (Fsp3) is 0.812. The van der Waals surface area contributed by atoms with Gasteiger partial charge in [-0.2, -0.15) is 0 Å². The number of carbonyl (C=O) groups is 3. The predicted octanol–water partition coefficient (Wildman–Crippen LogP) is 1.64. The lowest BCUT2D eigenvalue weighted by Crippen LogP contribution is -2.49. The van der Waals surface area contributed by atoms with Crippen LogP contribution in [0.5, 0.6) is 0 Å². The van der Waals surface area contributed by atoms with Crippen molar-refractivity contribution in [1.29, 1.82) is 0 Å². The van der Waals surface area contributed by atoms with Gasteiger partial charge in [-0.3, -0.25) is 14.4 Å². The Bertz CT molecular complexity index is 424. The van der Waals surface area contributed by atoms with Gasteiger partial charge in [-0.05, 0) is 33.1 Å². The first-order chi connectivity index (χ1) is 10.1. The fourth-order valence-electron chi connectivity index (χ4n) is 2.64. The normalized spacial score (nSPS) is 16.7. The van der Waals surface area contributed by atoms with E-state index >= 15 is 0 Å². The van der Waals surface area contributed by atoms with E-state index < -0.39 is 11.5 Å². The number of likely N-dealkylation sites (tertiary alicyclic amines) is 1. The van der Waals surface area contributed by atoms with Gasteiger partial charge in [0.25, 0.3) is 0 Å². The summed E-state index contributed by atoms with van der Waals surface area (Å²) in [5.74, 6) is -0.865.